The Balaban J connectivity index is 2.01. The summed E-state index contributed by atoms with van der Waals surface area (Å²) in [4.78, 5) is 11.9. The first-order valence-corrected chi connectivity index (χ1v) is 6.02. The second kappa shape index (κ2) is 5.19. The molecule has 0 aromatic heterocycles. The van der Waals surface area contributed by atoms with E-state index in [1.54, 1.807) is 25.1 Å². The molecule has 0 aliphatic carbocycles. The molecule has 4 heteroatoms. The number of piperidine rings is 1. The van der Waals surface area contributed by atoms with E-state index < -0.39 is 0 Å². The summed E-state index contributed by atoms with van der Waals surface area (Å²) in [6, 6.07) is 4.90. The summed E-state index contributed by atoms with van der Waals surface area (Å²) in [5.74, 6) is 0.120. The third-order valence-corrected chi connectivity index (χ3v) is 3.07. The Hall–Kier alpha value is -1.55. The summed E-state index contributed by atoms with van der Waals surface area (Å²) in [5, 5.41) is 11.4. The number of hydrogen-bond donors (Lipinski definition) is 2. The molecule has 0 radical (unpaired) electrons. The Morgan fingerprint density at radius 3 is 2.65 bits per heavy atom. The molecule has 1 saturated heterocycles. The lowest BCUT2D eigenvalue weighted by Gasteiger charge is -2.26. The molecule has 1 fully saturated rings. The van der Waals surface area contributed by atoms with Gasteiger partial charge < -0.3 is 5.11 Å². The minimum Gasteiger partial charge on any atom is -0.508 e. The number of aromatic hydroxyl groups is 1. The molecular formula is C13H18N2O2. The molecule has 1 amide bonds. The van der Waals surface area contributed by atoms with E-state index in [1.165, 1.54) is 6.42 Å². The number of carbonyl (C=O) groups excluding carboxylic acids is 1. The number of amides is 1. The molecule has 1 aromatic carbocycles. The van der Waals surface area contributed by atoms with Gasteiger partial charge in [-0.25, -0.2) is 5.01 Å². The van der Waals surface area contributed by atoms with Crippen molar-refractivity contribution >= 4 is 5.91 Å². The van der Waals surface area contributed by atoms with Crippen molar-refractivity contribution in [1.82, 2.24) is 10.4 Å². The van der Waals surface area contributed by atoms with Crippen LogP contribution in [0, 0.1) is 6.92 Å². The van der Waals surface area contributed by atoms with Crippen LogP contribution in [0.4, 0.5) is 0 Å². The number of carbonyl (C=O) groups is 1. The van der Waals surface area contributed by atoms with Crippen molar-refractivity contribution in [1.29, 1.82) is 0 Å². The van der Waals surface area contributed by atoms with Gasteiger partial charge in [-0.15, -0.1) is 0 Å². The minimum atomic E-state index is -0.102. The second-order valence-electron chi connectivity index (χ2n) is 4.49. The first-order valence-electron chi connectivity index (χ1n) is 6.02. The highest BCUT2D eigenvalue weighted by molar-refractivity contribution is 5.94. The van der Waals surface area contributed by atoms with Crippen molar-refractivity contribution in [2.75, 3.05) is 13.1 Å². The van der Waals surface area contributed by atoms with Crippen LogP contribution in [0.15, 0.2) is 18.2 Å². The van der Waals surface area contributed by atoms with Gasteiger partial charge in [-0.3, -0.25) is 10.2 Å². The highest BCUT2D eigenvalue weighted by atomic mass is 16.3. The number of nitrogens with zero attached hydrogens (tertiary/aromatic N) is 1. The molecule has 2 rings (SSSR count). The lowest BCUT2D eigenvalue weighted by molar-refractivity contribution is 0.0750. The summed E-state index contributed by atoms with van der Waals surface area (Å²) in [6.07, 6.45) is 3.51. The Morgan fingerprint density at radius 1 is 1.29 bits per heavy atom. The molecular weight excluding hydrogens is 216 g/mol. The van der Waals surface area contributed by atoms with Crippen molar-refractivity contribution < 1.29 is 9.90 Å². The zero-order valence-electron chi connectivity index (χ0n) is 10.1. The monoisotopic (exact) mass is 234 g/mol. The quantitative estimate of drug-likeness (QED) is 0.821. The number of hydrazine groups is 1. The smallest absolute Gasteiger partial charge is 0.265 e. The molecule has 0 saturated carbocycles. The molecule has 0 bridgehead atoms. The first kappa shape index (κ1) is 11.9. The summed E-state index contributed by atoms with van der Waals surface area (Å²) in [7, 11) is 0. The van der Waals surface area contributed by atoms with Crippen LogP contribution in [-0.2, 0) is 0 Å². The standard InChI is InChI=1S/C13H18N2O2/c1-10-9-11(5-6-12(10)16)13(17)14-15-7-3-2-4-8-15/h5-6,9,16H,2-4,7-8H2,1H3,(H,14,17). The van der Waals surface area contributed by atoms with Crippen LogP contribution in [0.5, 0.6) is 5.75 Å². The van der Waals surface area contributed by atoms with E-state index in [2.05, 4.69) is 5.43 Å². The highest BCUT2D eigenvalue weighted by Crippen LogP contribution is 2.17. The Kier molecular flexibility index (Phi) is 3.64. The summed E-state index contributed by atoms with van der Waals surface area (Å²) < 4.78 is 0. The van der Waals surface area contributed by atoms with E-state index in [0.29, 0.717) is 5.56 Å². The van der Waals surface area contributed by atoms with Crippen molar-refractivity contribution in [3.8, 4) is 5.75 Å². The topological polar surface area (TPSA) is 52.6 Å². The molecule has 17 heavy (non-hydrogen) atoms. The van der Waals surface area contributed by atoms with Crippen LogP contribution in [0.2, 0.25) is 0 Å². The van der Waals surface area contributed by atoms with Crippen LogP contribution in [-0.4, -0.2) is 29.1 Å². The van der Waals surface area contributed by atoms with E-state index in [-0.39, 0.29) is 11.7 Å². The van der Waals surface area contributed by atoms with Crippen LogP contribution in [0.3, 0.4) is 0 Å². The van der Waals surface area contributed by atoms with Gasteiger partial charge in [-0.05, 0) is 43.5 Å². The zero-order valence-corrected chi connectivity index (χ0v) is 10.1. The molecule has 0 unspecified atom stereocenters. The minimum absolute atomic E-state index is 0.102. The fourth-order valence-corrected chi connectivity index (χ4v) is 2.01. The number of rotatable bonds is 2. The molecule has 92 valence electrons. The fourth-order valence-electron chi connectivity index (χ4n) is 2.01. The molecule has 1 aliphatic heterocycles. The number of phenols is 1. The SMILES string of the molecule is Cc1cc(C(=O)NN2CCCCC2)ccc1O. The predicted octanol–water partition coefficient (Wildman–Crippen LogP) is 1.83. The molecule has 2 N–H and O–H groups in total. The average Bonchev–Trinajstić information content (AvgIpc) is 2.34. The third-order valence-electron chi connectivity index (χ3n) is 3.07. The normalized spacial score (nSPS) is 16.8. The van der Waals surface area contributed by atoms with Crippen LogP contribution in [0.25, 0.3) is 0 Å². The molecule has 0 spiro atoms. The van der Waals surface area contributed by atoms with Gasteiger partial charge in [0.05, 0.1) is 0 Å². The molecule has 4 nitrogen and oxygen atoms in total. The van der Waals surface area contributed by atoms with Crippen LogP contribution >= 0.6 is 0 Å². The first-order chi connectivity index (χ1) is 8.16. The number of benzene rings is 1. The molecule has 1 heterocycles. The lowest BCUT2D eigenvalue weighted by Crippen LogP contribution is -2.45. The highest BCUT2D eigenvalue weighted by Gasteiger charge is 2.14. The molecule has 1 aliphatic rings. The van der Waals surface area contributed by atoms with Crippen molar-refractivity contribution in [2.45, 2.75) is 26.2 Å². The summed E-state index contributed by atoms with van der Waals surface area (Å²) >= 11 is 0. The van der Waals surface area contributed by atoms with Gasteiger partial charge in [0.25, 0.3) is 5.91 Å². The van der Waals surface area contributed by atoms with E-state index in [1.807, 2.05) is 5.01 Å². The largest absolute Gasteiger partial charge is 0.508 e. The molecule has 1 aromatic rings. The Bertz CT molecular complexity index is 412. The van der Waals surface area contributed by atoms with Crippen molar-refractivity contribution in [3.05, 3.63) is 29.3 Å². The third kappa shape index (κ3) is 2.97. The predicted molar refractivity (Wildman–Crippen MR) is 65.7 cm³/mol. The van der Waals surface area contributed by atoms with Crippen molar-refractivity contribution in [2.24, 2.45) is 0 Å². The van der Waals surface area contributed by atoms with Gasteiger partial charge in [-0.1, -0.05) is 6.42 Å². The van der Waals surface area contributed by atoms with Gasteiger partial charge in [0.1, 0.15) is 5.75 Å². The molecule has 0 atom stereocenters. The van der Waals surface area contributed by atoms with E-state index >= 15 is 0 Å². The maximum Gasteiger partial charge on any atom is 0.265 e. The van der Waals surface area contributed by atoms with Crippen LogP contribution < -0.4 is 5.43 Å². The van der Waals surface area contributed by atoms with E-state index in [0.717, 1.165) is 31.5 Å². The second-order valence-corrected chi connectivity index (χ2v) is 4.49. The van der Waals surface area contributed by atoms with Gasteiger partial charge in [0.2, 0.25) is 0 Å². The van der Waals surface area contributed by atoms with Crippen LogP contribution in [0.1, 0.15) is 35.2 Å². The van der Waals surface area contributed by atoms with E-state index in [4.69, 9.17) is 0 Å². The summed E-state index contributed by atoms with van der Waals surface area (Å²) in [6.45, 7) is 3.62. The number of hydrogen-bond acceptors (Lipinski definition) is 3. The van der Waals surface area contributed by atoms with E-state index in [9.17, 15) is 9.90 Å². The number of phenolic OH excluding ortho intramolecular Hbond substituents is 1. The number of aryl methyl sites for hydroxylation is 1. The fraction of sp³-hybridized carbons (Fsp3) is 0.462. The van der Waals surface area contributed by atoms with Gasteiger partial charge in [0.15, 0.2) is 0 Å². The Morgan fingerprint density at radius 2 is 2.00 bits per heavy atom. The summed E-state index contributed by atoms with van der Waals surface area (Å²) in [5.41, 5.74) is 4.20. The maximum atomic E-state index is 11.9. The van der Waals surface area contributed by atoms with Crippen molar-refractivity contribution in [3.63, 3.8) is 0 Å². The maximum absolute atomic E-state index is 11.9. The average molecular weight is 234 g/mol. The number of nitrogens with one attached hydrogen (secondary N) is 1. The zero-order chi connectivity index (χ0) is 12.3. The Labute approximate surface area is 101 Å². The van der Waals surface area contributed by atoms with Gasteiger partial charge in [-0.2, -0.15) is 0 Å². The van der Waals surface area contributed by atoms with Gasteiger partial charge in [0, 0.05) is 18.7 Å². The van der Waals surface area contributed by atoms with Gasteiger partial charge >= 0.3 is 0 Å². The lowest BCUT2D eigenvalue weighted by atomic mass is 10.1.